The zero-order valence-electron chi connectivity index (χ0n) is 22.0. The van der Waals surface area contributed by atoms with Crippen molar-refractivity contribution in [2.24, 2.45) is 5.73 Å². The van der Waals surface area contributed by atoms with Crippen LogP contribution in [0.1, 0.15) is 51.0 Å². The highest BCUT2D eigenvalue weighted by Gasteiger charge is 2.22. The van der Waals surface area contributed by atoms with Gasteiger partial charge in [-0.25, -0.2) is 4.98 Å². The van der Waals surface area contributed by atoms with E-state index in [1.807, 2.05) is 18.4 Å². The van der Waals surface area contributed by atoms with Crippen LogP contribution in [0.5, 0.6) is 5.75 Å². The van der Waals surface area contributed by atoms with Crippen LogP contribution in [0.25, 0.3) is 11.0 Å². The molecule has 1 aliphatic heterocycles. The van der Waals surface area contributed by atoms with Crippen molar-refractivity contribution in [2.45, 2.75) is 46.3 Å². The van der Waals surface area contributed by atoms with Crippen molar-refractivity contribution in [3.05, 3.63) is 70.5 Å². The van der Waals surface area contributed by atoms with Crippen molar-refractivity contribution in [1.29, 1.82) is 0 Å². The highest BCUT2D eigenvalue weighted by Crippen LogP contribution is 2.31. The van der Waals surface area contributed by atoms with Crippen molar-refractivity contribution < 1.29 is 14.3 Å². The second-order valence-electron chi connectivity index (χ2n) is 9.59. The van der Waals surface area contributed by atoms with Gasteiger partial charge in [0, 0.05) is 38.3 Å². The number of nitrogens with one attached hydrogen (secondary N) is 1. The summed E-state index contributed by atoms with van der Waals surface area (Å²) in [6.07, 6.45) is 1.88. The first-order valence-corrected chi connectivity index (χ1v) is 12.9. The van der Waals surface area contributed by atoms with E-state index < -0.39 is 5.91 Å². The number of amides is 2. The summed E-state index contributed by atoms with van der Waals surface area (Å²) in [4.78, 5) is 32.3. The number of rotatable bonds is 9. The molecule has 0 fully saturated rings. The smallest absolute Gasteiger partial charge is 0.276 e. The fraction of sp³-hybridized carbons (Fsp3) is 0.357. The predicted molar refractivity (Wildman–Crippen MR) is 145 cm³/mol. The zero-order valence-corrected chi connectivity index (χ0v) is 22.0. The van der Waals surface area contributed by atoms with E-state index in [1.165, 1.54) is 11.1 Å². The minimum atomic E-state index is -0.571. The molecule has 2 aromatic carbocycles. The SMILES string of the molecule is CCn1nc(C)cc1C(=O)Nc1nc2cc(C(N)=O)cc(OC)c2n1CCCN1CCc2ccccc2C1. The molecule has 0 atom stereocenters. The lowest BCUT2D eigenvalue weighted by atomic mass is 10.00. The molecular formula is C28H33N7O3. The highest BCUT2D eigenvalue weighted by atomic mass is 16.5. The highest BCUT2D eigenvalue weighted by molar-refractivity contribution is 6.04. The molecule has 0 unspecified atom stereocenters. The third-order valence-electron chi connectivity index (χ3n) is 7.04. The van der Waals surface area contributed by atoms with Gasteiger partial charge in [-0.15, -0.1) is 0 Å². The van der Waals surface area contributed by atoms with E-state index >= 15 is 0 Å². The Morgan fingerprint density at radius 3 is 2.66 bits per heavy atom. The lowest BCUT2D eigenvalue weighted by Crippen LogP contribution is -2.31. The number of anilines is 1. The van der Waals surface area contributed by atoms with Crippen molar-refractivity contribution in [3.8, 4) is 5.75 Å². The largest absolute Gasteiger partial charge is 0.494 e. The number of fused-ring (bicyclic) bond motifs is 2. The van der Waals surface area contributed by atoms with Crippen LogP contribution in [0.4, 0.5) is 5.95 Å². The standard InChI is InChI=1S/C28H33N7O3/c1-4-35-23(14-18(2)32-35)27(37)31-28-30-22-15-21(26(29)36)16-24(38-3)25(22)34(28)12-7-11-33-13-10-19-8-5-6-9-20(19)17-33/h5-6,8-9,14-16H,4,7,10-13,17H2,1-3H3,(H2,29,36)(H,30,31,37). The second-order valence-corrected chi connectivity index (χ2v) is 9.59. The Labute approximate surface area is 221 Å². The minimum absolute atomic E-state index is 0.295. The summed E-state index contributed by atoms with van der Waals surface area (Å²) in [5.74, 6) is -0.00941. The second kappa shape index (κ2) is 10.7. The average molecular weight is 516 g/mol. The predicted octanol–water partition coefficient (Wildman–Crippen LogP) is 3.37. The van der Waals surface area contributed by atoms with Gasteiger partial charge in [-0.1, -0.05) is 24.3 Å². The maximum Gasteiger partial charge on any atom is 0.276 e. The van der Waals surface area contributed by atoms with Crippen LogP contribution in [-0.4, -0.2) is 56.2 Å². The molecule has 0 saturated carbocycles. The topological polar surface area (TPSA) is 120 Å². The first-order chi connectivity index (χ1) is 18.4. The first kappa shape index (κ1) is 25.5. The van der Waals surface area contributed by atoms with Crippen LogP contribution in [0.15, 0.2) is 42.5 Å². The normalized spacial score (nSPS) is 13.4. The van der Waals surface area contributed by atoms with Crippen LogP contribution in [0.2, 0.25) is 0 Å². The van der Waals surface area contributed by atoms with E-state index in [9.17, 15) is 9.59 Å². The molecule has 198 valence electrons. The van der Waals surface area contributed by atoms with Gasteiger partial charge in [0.05, 0.1) is 18.3 Å². The lowest BCUT2D eigenvalue weighted by molar-refractivity contribution is 0.0995. The van der Waals surface area contributed by atoms with E-state index in [0.29, 0.717) is 47.1 Å². The number of primary amides is 1. The molecule has 5 rings (SSSR count). The summed E-state index contributed by atoms with van der Waals surface area (Å²) in [6.45, 7) is 7.79. The van der Waals surface area contributed by atoms with E-state index in [-0.39, 0.29) is 5.91 Å². The monoisotopic (exact) mass is 515 g/mol. The molecule has 0 bridgehead atoms. The molecule has 0 saturated heterocycles. The summed E-state index contributed by atoms with van der Waals surface area (Å²) < 4.78 is 9.25. The van der Waals surface area contributed by atoms with Crippen LogP contribution in [0, 0.1) is 6.92 Å². The Morgan fingerprint density at radius 1 is 1.13 bits per heavy atom. The number of hydrogen-bond acceptors (Lipinski definition) is 6. The fourth-order valence-electron chi connectivity index (χ4n) is 5.17. The molecule has 0 spiro atoms. The minimum Gasteiger partial charge on any atom is -0.494 e. The summed E-state index contributed by atoms with van der Waals surface area (Å²) in [7, 11) is 1.54. The first-order valence-electron chi connectivity index (χ1n) is 12.9. The fourth-order valence-corrected chi connectivity index (χ4v) is 5.17. The molecule has 4 aromatic rings. The number of hydrogen-bond donors (Lipinski definition) is 2. The van der Waals surface area contributed by atoms with E-state index in [2.05, 4.69) is 44.6 Å². The zero-order chi connectivity index (χ0) is 26.8. The maximum atomic E-state index is 13.3. The number of aryl methyl sites for hydroxylation is 3. The molecular weight excluding hydrogens is 482 g/mol. The third kappa shape index (κ3) is 4.99. The van der Waals surface area contributed by atoms with Gasteiger partial charge in [-0.05, 0) is 56.0 Å². The van der Waals surface area contributed by atoms with E-state index in [1.54, 1.807) is 30.0 Å². The molecule has 38 heavy (non-hydrogen) atoms. The number of nitrogens with zero attached hydrogens (tertiary/aromatic N) is 5. The molecule has 3 N–H and O–H groups in total. The summed E-state index contributed by atoms with van der Waals surface area (Å²) in [6, 6.07) is 13.6. The average Bonchev–Trinajstić information content (AvgIpc) is 3.47. The van der Waals surface area contributed by atoms with Crippen LogP contribution in [-0.2, 0) is 26.1 Å². The van der Waals surface area contributed by atoms with Crippen molar-refractivity contribution >= 4 is 28.8 Å². The quantitative estimate of drug-likeness (QED) is 0.353. The van der Waals surface area contributed by atoms with Crippen LogP contribution < -0.4 is 15.8 Å². The van der Waals surface area contributed by atoms with Crippen molar-refractivity contribution in [3.63, 3.8) is 0 Å². The molecule has 10 heteroatoms. The van der Waals surface area contributed by atoms with Gasteiger partial charge in [0.15, 0.2) is 0 Å². The molecule has 1 aliphatic rings. The summed E-state index contributed by atoms with van der Waals surface area (Å²) in [5.41, 5.74) is 11.1. The Hall–Kier alpha value is -4.18. The number of carbonyl (C=O) groups excluding carboxylic acids is 2. The van der Waals surface area contributed by atoms with Gasteiger partial charge in [-0.3, -0.25) is 24.5 Å². The van der Waals surface area contributed by atoms with Crippen molar-refractivity contribution in [1.82, 2.24) is 24.2 Å². The van der Waals surface area contributed by atoms with Gasteiger partial charge < -0.3 is 15.0 Å². The van der Waals surface area contributed by atoms with Crippen LogP contribution >= 0.6 is 0 Å². The van der Waals surface area contributed by atoms with Crippen molar-refractivity contribution in [2.75, 3.05) is 25.5 Å². The third-order valence-corrected chi connectivity index (χ3v) is 7.04. The van der Waals surface area contributed by atoms with Gasteiger partial charge in [-0.2, -0.15) is 5.10 Å². The van der Waals surface area contributed by atoms with Crippen LogP contribution in [0.3, 0.4) is 0 Å². The number of nitrogens with two attached hydrogens (primary N) is 1. The number of imidazole rings is 1. The number of methoxy groups -OCH3 is 1. The molecule has 3 heterocycles. The Bertz CT molecular complexity index is 1500. The van der Waals surface area contributed by atoms with Gasteiger partial charge in [0.2, 0.25) is 11.9 Å². The number of carbonyl (C=O) groups is 2. The Kier molecular flexibility index (Phi) is 7.15. The molecule has 10 nitrogen and oxygen atoms in total. The molecule has 0 aliphatic carbocycles. The lowest BCUT2D eigenvalue weighted by Gasteiger charge is -2.28. The maximum absolute atomic E-state index is 13.3. The van der Waals surface area contributed by atoms with Gasteiger partial charge in [0.25, 0.3) is 5.91 Å². The molecule has 2 amide bonds. The van der Waals surface area contributed by atoms with Gasteiger partial charge >= 0.3 is 0 Å². The number of aromatic nitrogens is 4. The Morgan fingerprint density at radius 2 is 1.92 bits per heavy atom. The molecule has 2 aromatic heterocycles. The van der Waals surface area contributed by atoms with E-state index in [0.717, 1.165) is 38.2 Å². The van der Waals surface area contributed by atoms with E-state index in [4.69, 9.17) is 10.5 Å². The summed E-state index contributed by atoms with van der Waals surface area (Å²) in [5, 5.41) is 7.36. The Balaban J connectivity index is 1.43. The van der Waals surface area contributed by atoms with Gasteiger partial charge in [0.1, 0.15) is 17.0 Å². The number of benzene rings is 2. The summed E-state index contributed by atoms with van der Waals surface area (Å²) >= 11 is 0. The molecule has 0 radical (unpaired) electrons. The number of ether oxygens (including phenoxy) is 1.